The number of amides is 1. The Kier molecular flexibility index (Phi) is 4.77. The van der Waals surface area contributed by atoms with Crippen LogP contribution in [0.5, 0.6) is 11.5 Å². The minimum absolute atomic E-state index is 0.0302. The van der Waals surface area contributed by atoms with E-state index in [2.05, 4.69) is 10.4 Å². The standard InChI is InChI=1S/C14H14F3N3O3/c1-22-11-4-3-9(5-12(11)23-2)6-13(21)19-10-7-18-20(8-10)14(15,16)17/h3-5,7-8H,6H2,1-2H3,(H,19,21). The van der Waals surface area contributed by atoms with Crippen molar-refractivity contribution in [3.8, 4) is 11.5 Å². The third-order valence-corrected chi connectivity index (χ3v) is 2.94. The number of ether oxygens (including phenoxy) is 2. The molecule has 6 nitrogen and oxygen atoms in total. The highest BCUT2D eigenvalue weighted by Gasteiger charge is 2.31. The van der Waals surface area contributed by atoms with E-state index in [4.69, 9.17) is 9.47 Å². The van der Waals surface area contributed by atoms with Crippen LogP contribution in [0.25, 0.3) is 0 Å². The third-order valence-electron chi connectivity index (χ3n) is 2.94. The molecule has 0 radical (unpaired) electrons. The summed E-state index contributed by atoms with van der Waals surface area (Å²) < 4.78 is 47.2. The SMILES string of the molecule is COc1ccc(CC(=O)Nc2cnn(C(F)(F)F)c2)cc1OC. The molecule has 124 valence electrons. The average Bonchev–Trinajstić information content (AvgIpc) is 2.95. The fraction of sp³-hybridized carbons (Fsp3) is 0.286. The number of hydrogen-bond donors (Lipinski definition) is 1. The van der Waals surface area contributed by atoms with Crippen LogP contribution in [0.15, 0.2) is 30.6 Å². The van der Waals surface area contributed by atoms with Crippen LogP contribution in [0.4, 0.5) is 18.9 Å². The number of nitrogens with zero attached hydrogens (tertiary/aromatic N) is 2. The van der Waals surface area contributed by atoms with Gasteiger partial charge in [0.2, 0.25) is 5.91 Å². The molecule has 0 fully saturated rings. The number of benzene rings is 1. The van der Waals surface area contributed by atoms with E-state index in [0.717, 1.165) is 6.20 Å². The first-order valence-corrected chi connectivity index (χ1v) is 6.46. The van der Waals surface area contributed by atoms with E-state index in [0.29, 0.717) is 23.3 Å². The molecule has 0 saturated carbocycles. The molecule has 9 heteroatoms. The van der Waals surface area contributed by atoms with E-state index < -0.39 is 12.2 Å². The van der Waals surface area contributed by atoms with Crippen LogP contribution in [0.3, 0.4) is 0 Å². The van der Waals surface area contributed by atoms with E-state index in [9.17, 15) is 18.0 Å². The highest BCUT2D eigenvalue weighted by molar-refractivity contribution is 5.92. The van der Waals surface area contributed by atoms with Gasteiger partial charge < -0.3 is 14.8 Å². The molecule has 1 amide bonds. The van der Waals surface area contributed by atoms with Crippen molar-refractivity contribution >= 4 is 11.6 Å². The number of alkyl halides is 3. The Bertz CT molecular complexity index is 698. The summed E-state index contributed by atoms with van der Waals surface area (Å²) in [5.41, 5.74) is 0.594. The van der Waals surface area contributed by atoms with Gasteiger partial charge in [-0.3, -0.25) is 4.79 Å². The molecule has 0 saturated heterocycles. The van der Waals surface area contributed by atoms with E-state index in [-0.39, 0.29) is 16.8 Å². The number of rotatable bonds is 5. The molecule has 2 rings (SSSR count). The van der Waals surface area contributed by atoms with Gasteiger partial charge in [-0.1, -0.05) is 6.07 Å². The number of aromatic nitrogens is 2. The maximum Gasteiger partial charge on any atom is 0.504 e. The first-order valence-electron chi connectivity index (χ1n) is 6.46. The Hall–Kier alpha value is -2.71. The first kappa shape index (κ1) is 16.7. The Balaban J connectivity index is 2.03. The van der Waals surface area contributed by atoms with Crippen molar-refractivity contribution in [2.75, 3.05) is 19.5 Å². The van der Waals surface area contributed by atoms with Crippen LogP contribution in [0, 0.1) is 0 Å². The number of anilines is 1. The predicted octanol–water partition coefficient (Wildman–Crippen LogP) is 2.56. The first-order chi connectivity index (χ1) is 10.8. The van der Waals surface area contributed by atoms with Crippen LogP contribution in [0.1, 0.15) is 5.56 Å². The fourth-order valence-electron chi connectivity index (χ4n) is 1.91. The van der Waals surface area contributed by atoms with Gasteiger partial charge in [0.05, 0.1) is 38.7 Å². The molecule has 0 aliphatic heterocycles. The van der Waals surface area contributed by atoms with Gasteiger partial charge in [-0.2, -0.15) is 9.78 Å². The molecule has 0 atom stereocenters. The number of nitrogens with one attached hydrogen (secondary N) is 1. The van der Waals surface area contributed by atoms with Gasteiger partial charge in [-0.15, -0.1) is 13.2 Å². The quantitative estimate of drug-likeness (QED) is 0.916. The van der Waals surface area contributed by atoms with E-state index >= 15 is 0 Å². The molecule has 1 N–H and O–H groups in total. The van der Waals surface area contributed by atoms with E-state index in [1.807, 2.05) is 0 Å². The average molecular weight is 329 g/mol. The molecule has 0 spiro atoms. The lowest BCUT2D eigenvalue weighted by molar-refractivity contribution is -0.212. The summed E-state index contributed by atoms with van der Waals surface area (Å²) in [6, 6.07) is 4.93. The third kappa shape index (κ3) is 4.15. The summed E-state index contributed by atoms with van der Waals surface area (Å²) in [6.07, 6.45) is -3.02. The molecule has 1 heterocycles. The zero-order valence-electron chi connectivity index (χ0n) is 12.3. The fourth-order valence-corrected chi connectivity index (χ4v) is 1.91. The second-order valence-electron chi connectivity index (χ2n) is 4.56. The second-order valence-corrected chi connectivity index (χ2v) is 4.56. The molecular formula is C14H14F3N3O3. The number of halogens is 3. The lowest BCUT2D eigenvalue weighted by Crippen LogP contribution is -2.17. The Morgan fingerprint density at radius 1 is 1.26 bits per heavy atom. The van der Waals surface area contributed by atoms with Crippen LogP contribution < -0.4 is 14.8 Å². The van der Waals surface area contributed by atoms with Gasteiger partial charge in [0, 0.05) is 0 Å². The summed E-state index contributed by atoms with van der Waals surface area (Å²) in [6.45, 7) is 0. The number of hydrogen-bond acceptors (Lipinski definition) is 4. The van der Waals surface area contributed by atoms with Crippen LogP contribution in [-0.4, -0.2) is 29.9 Å². The monoisotopic (exact) mass is 329 g/mol. The van der Waals surface area contributed by atoms with Gasteiger partial charge in [-0.25, -0.2) is 0 Å². The zero-order valence-corrected chi connectivity index (χ0v) is 12.3. The summed E-state index contributed by atoms with van der Waals surface area (Å²) in [5.74, 6) is 0.504. The highest BCUT2D eigenvalue weighted by Crippen LogP contribution is 2.28. The van der Waals surface area contributed by atoms with Crippen molar-refractivity contribution < 1.29 is 27.4 Å². The Morgan fingerprint density at radius 3 is 2.52 bits per heavy atom. The van der Waals surface area contributed by atoms with E-state index in [1.54, 1.807) is 18.2 Å². The van der Waals surface area contributed by atoms with Crippen LogP contribution in [0.2, 0.25) is 0 Å². The molecule has 0 bridgehead atoms. The summed E-state index contributed by atoms with van der Waals surface area (Å²) in [5, 5.41) is 5.49. The minimum Gasteiger partial charge on any atom is -0.493 e. The normalized spacial score (nSPS) is 11.2. The predicted molar refractivity (Wildman–Crippen MR) is 75.4 cm³/mol. The van der Waals surface area contributed by atoms with Gasteiger partial charge in [0.1, 0.15) is 0 Å². The van der Waals surface area contributed by atoms with Crippen molar-refractivity contribution in [2.24, 2.45) is 0 Å². The van der Waals surface area contributed by atoms with Crippen LogP contribution in [-0.2, 0) is 17.5 Å². The molecule has 0 unspecified atom stereocenters. The highest BCUT2D eigenvalue weighted by atomic mass is 19.4. The lowest BCUT2D eigenvalue weighted by atomic mass is 10.1. The van der Waals surface area contributed by atoms with E-state index in [1.165, 1.54) is 14.2 Å². The maximum absolute atomic E-state index is 12.4. The van der Waals surface area contributed by atoms with Gasteiger partial charge in [0.25, 0.3) is 0 Å². The molecular weight excluding hydrogens is 315 g/mol. The Labute approximate surface area is 129 Å². The topological polar surface area (TPSA) is 65.4 Å². The number of carbonyl (C=O) groups excluding carboxylic acids is 1. The van der Waals surface area contributed by atoms with Crippen molar-refractivity contribution in [3.05, 3.63) is 36.2 Å². The molecule has 1 aromatic heterocycles. The Morgan fingerprint density at radius 2 is 1.96 bits per heavy atom. The van der Waals surface area contributed by atoms with Gasteiger partial charge >= 0.3 is 6.30 Å². The van der Waals surface area contributed by atoms with Crippen LogP contribution >= 0.6 is 0 Å². The van der Waals surface area contributed by atoms with Crippen molar-refractivity contribution in [1.29, 1.82) is 0 Å². The summed E-state index contributed by atoms with van der Waals surface area (Å²) in [4.78, 5) is 11.9. The second kappa shape index (κ2) is 6.59. The molecule has 1 aromatic carbocycles. The maximum atomic E-state index is 12.4. The van der Waals surface area contributed by atoms with Crippen molar-refractivity contribution in [2.45, 2.75) is 12.7 Å². The summed E-state index contributed by atoms with van der Waals surface area (Å²) in [7, 11) is 2.95. The number of methoxy groups -OCH3 is 2. The smallest absolute Gasteiger partial charge is 0.493 e. The summed E-state index contributed by atoms with van der Waals surface area (Å²) >= 11 is 0. The van der Waals surface area contributed by atoms with Gasteiger partial charge in [0.15, 0.2) is 11.5 Å². The molecule has 23 heavy (non-hydrogen) atoms. The lowest BCUT2D eigenvalue weighted by Gasteiger charge is -2.09. The molecule has 0 aliphatic carbocycles. The largest absolute Gasteiger partial charge is 0.504 e. The van der Waals surface area contributed by atoms with Gasteiger partial charge in [-0.05, 0) is 17.7 Å². The molecule has 2 aromatic rings. The number of carbonyl (C=O) groups is 1. The minimum atomic E-state index is -4.62. The van der Waals surface area contributed by atoms with Crippen molar-refractivity contribution in [3.63, 3.8) is 0 Å². The molecule has 0 aliphatic rings. The van der Waals surface area contributed by atoms with Crippen molar-refractivity contribution in [1.82, 2.24) is 9.78 Å². The zero-order chi connectivity index (χ0) is 17.0.